The molecule has 0 aliphatic rings. The Kier molecular flexibility index (Phi) is 6.05. The van der Waals surface area contributed by atoms with E-state index in [0.29, 0.717) is 10.8 Å². The van der Waals surface area contributed by atoms with Crippen LogP contribution < -0.4 is 14.8 Å². The van der Waals surface area contributed by atoms with Crippen molar-refractivity contribution >= 4 is 33.2 Å². The second-order valence-electron chi connectivity index (χ2n) is 5.44. The molecule has 1 amide bonds. The first kappa shape index (κ1) is 19.2. The van der Waals surface area contributed by atoms with Gasteiger partial charge in [0.2, 0.25) is 15.9 Å². The van der Waals surface area contributed by atoms with E-state index in [1.54, 1.807) is 31.2 Å². The van der Waals surface area contributed by atoms with Crippen molar-refractivity contribution in [3.8, 4) is 5.75 Å². The predicted molar refractivity (Wildman–Crippen MR) is 97.5 cm³/mol. The number of anilines is 1. The topological polar surface area (TPSA) is 84.5 Å². The Morgan fingerprint density at radius 3 is 2.36 bits per heavy atom. The Bertz CT molecular complexity index is 867. The molecule has 0 aliphatic carbocycles. The second kappa shape index (κ2) is 7.86. The number of rotatable bonds is 6. The highest BCUT2D eigenvalue weighted by Crippen LogP contribution is 2.28. The molecule has 0 aliphatic heterocycles. The minimum Gasteiger partial charge on any atom is -0.495 e. The fraction of sp³-hybridized carbons (Fsp3) is 0.235. The minimum absolute atomic E-state index is 0.0258. The first-order valence-corrected chi connectivity index (χ1v) is 9.32. The van der Waals surface area contributed by atoms with Crippen molar-refractivity contribution in [1.29, 1.82) is 0 Å². The summed E-state index contributed by atoms with van der Waals surface area (Å²) in [5.41, 5.74) is 1.07. The fourth-order valence-electron chi connectivity index (χ4n) is 2.26. The lowest BCUT2D eigenvalue weighted by Crippen LogP contribution is -2.27. The van der Waals surface area contributed by atoms with E-state index in [1.807, 2.05) is 0 Å². The number of hydrogen-bond donors (Lipinski definition) is 2. The summed E-state index contributed by atoms with van der Waals surface area (Å²) in [6, 6.07) is 10.7. The predicted octanol–water partition coefficient (Wildman–Crippen LogP) is 3.35. The Labute approximate surface area is 152 Å². The number of carbonyl (C=O) groups is 1. The highest BCUT2D eigenvalue weighted by atomic mass is 35.5. The summed E-state index contributed by atoms with van der Waals surface area (Å²) in [5.74, 6) is 0.0511. The van der Waals surface area contributed by atoms with Crippen LogP contribution in [0.4, 0.5) is 5.69 Å². The van der Waals surface area contributed by atoms with Gasteiger partial charge in [0.15, 0.2) is 0 Å². The van der Waals surface area contributed by atoms with Gasteiger partial charge in [0.1, 0.15) is 5.75 Å². The third-order valence-electron chi connectivity index (χ3n) is 3.49. The van der Waals surface area contributed by atoms with Crippen LogP contribution in [0.5, 0.6) is 5.75 Å². The number of halogens is 1. The molecule has 2 N–H and O–H groups in total. The van der Waals surface area contributed by atoms with E-state index >= 15 is 0 Å². The molecule has 8 heteroatoms. The number of hydrogen-bond acceptors (Lipinski definition) is 4. The van der Waals surface area contributed by atoms with E-state index < -0.39 is 16.1 Å². The van der Waals surface area contributed by atoms with Crippen molar-refractivity contribution < 1.29 is 17.9 Å². The molecule has 0 bridgehead atoms. The molecule has 0 saturated heterocycles. The molecule has 0 spiro atoms. The van der Waals surface area contributed by atoms with Crippen LogP contribution in [0.25, 0.3) is 0 Å². The molecular formula is C17H19ClN2O4S. The molecule has 2 aromatic rings. The molecule has 0 unspecified atom stereocenters. The highest BCUT2D eigenvalue weighted by molar-refractivity contribution is 7.89. The van der Waals surface area contributed by atoms with Crippen molar-refractivity contribution in [2.45, 2.75) is 24.8 Å². The maximum Gasteiger partial charge on any atom is 0.241 e. The van der Waals surface area contributed by atoms with E-state index in [2.05, 4.69) is 10.0 Å². The highest BCUT2D eigenvalue weighted by Gasteiger charge is 2.20. The standard InChI is InChI=1S/C17H19ClN2O4S/c1-11(13-4-6-14(18)7-5-13)20-25(22,23)15-8-9-17(24-3)16(10-15)19-12(2)21/h4-11,20H,1-3H3,(H,19,21)/t11-/m1/s1. The van der Waals surface area contributed by atoms with Gasteiger partial charge in [0.05, 0.1) is 17.7 Å². The largest absolute Gasteiger partial charge is 0.495 e. The molecule has 1 atom stereocenters. The summed E-state index contributed by atoms with van der Waals surface area (Å²) >= 11 is 5.85. The monoisotopic (exact) mass is 382 g/mol. The Hall–Kier alpha value is -2.09. The van der Waals surface area contributed by atoms with E-state index in [4.69, 9.17) is 16.3 Å². The average Bonchev–Trinajstić information content (AvgIpc) is 2.54. The zero-order valence-corrected chi connectivity index (χ0v) is 15.6. The summed E-state index contributed by atoms with van der Waals surface area (Å²) in [6.07, 6.45) is 0. The molecule has 6 nitrogen and oxygen atoms in total. The molecular weight excluding hydrogens is 364 g/mol. The molecule has 0 saturated carbocycles. The van der Waals surface area contributed by atoms with Gasteiger partial charge in [0, 0.05) is 18.0 Å². The summed E-state index contributed by atoms with van der Waals surface area (Å²) in [7, 11) is -2.35. The Morgan fingerprint density at radius 1 is 1.16 bits per heavy atom. The minimum atomic E-state index is -3.79. The molecule has 0 fully saturated rings. The number of sulfonamides is 1. The molecule has 0 heterocycles. The van der Waals surface area contributed by atoms with Gasteiger partial charge in [-0.05, 0) is 42.8 Å². The lowest BCUT2D eigenvalue weighted by molar-refractivity contribution is -0.114. The quantitative estimate of drug-likeness (QED) is 0.802. The smallest absolute Gasteiger partial charge is 0.241 e. The molecule has 25 heavy (non-hydrogen) atoms. The van der Waals surface area contributed by atoms with Crippen LogP contribution in [0, 0.1) is 0 Å². The Morgan fingerprint density at radius 2 is 1.80 bits per heavy atom. The first-order valence-electron chi connectivity index (χ1n) is 7.46. The van der Waals surface area contributed by atoms with Crippen LogP contribution in [0.1, 0.15) is 25.5 Å². The fourth-order valence-corrected chi connectivity index (χ4v) is 3.65. The van der Waals surface area contributed by atoms with Gasteiger partial charge in [-0.1, -0.05) is 23.7 Å². The summed E-state index contributed by atoms with van der Waals surface area (Å²) in [6.45, 7) is 3.07. The SMILES string of the molecule is COc1ccc(S(=O)(=O)N[C@H](C)c2ccc(Cl)cc2)cc1NC(C)=O. The third-order valence-corrected chi connectivity index (χ3v) is 5.28. The van der Waals surface area contributed by atoms with Crippen LogP contribution >= 0.6 is 11.6 Å². The van der Waals surface area contributed by atoms with Gasteiger partial charge >= 0.3 is 0 Å². The number of carbonyl (C=O) groups excluding carboxylic acids is 1. The maximum absolute atomic E-state index is 12.6. The van der Waals surface area contributed by atoms with Crippen molar-refractivity contribution in [2.24, 2.45) is 0 Å². The lowest BCUT2D eigenvalue weighted by atomic mass is 10.1. The number of nitrogens with one attached hydrogen (secondary N) is 2. The second-order valence-corrected chi connectivity index (χ2v) is 7.59. The maximum atomic E-state index is 12.6. The van der Waals surface area contributed by atoms with Crippen LogP contribution in [0.2, 0.25) is 5.02 Å². The van der Waals surface area contributed by atoms with Crippen LogP contribution in [0.15, 0.2) is 47.4 Å². The average molecular weight is 383 g/mol. The zero-order valence-electron chi connectivity index (χ0n) is 14.0. The number of amides is 1. The molecule has 2 rings (SSSR count). The Balaban J connectivity index is 2.29. The van der Waals surface area contributed by atoms with Crippen molar-refractivity contribution in [1.82, 2.24) is 4.72 Å². The van der Waals surface area contributed by atoms with Gasteiger partial charge in [-0.15, -0.1) is 0 Å². The van der Waals surface area contributed by atoms with Gasteiger partial charge in [-0.2, -0.15) is 0 Å². The molecule has 0 radical (unpaired) electrons. The number of ether oxygens (including phenoxy) is 1. The van der Waals surface area contributed by atoms with Gasteiger partial charge < -0.3 is 10.1 Å². The molecule has 2 aromatic carbocycles. The summed E-state index contributed by atoms with van der Waals surface area (Å²) < 4.78 is 33.0. The van der Waals surface area contributed by atoms with E-state index in [1.165, 1.54) is 32.2 Å². The number of benzene rings is 2. The molecule has 134 valence electrons. The van der Waals surface area contributed by atoms with Gasteiger partial charge in [-0.25, -0.2) is 13.1 Å². The third kappa shape index (κ3) is 4.94. The van der Waals surface area contributed by atoms with Crippen LogP contribution in [-0.4, -0.2) is 21.4 Å². The van der Waals surface area contributed by atoms with Crippen molar-refractivity contribution in [2.75, 3.05) is 12.4 Å². The van der Waals surface area contributed by atoms with Gasteiger partial charge in [0.25, 0.3) is 0 Å². The van der Waals surface area contributed by atoms with Crippen molar-refractivity contribution in [3.63, 3.8) is 0 Å². The first-order chi connectivity index (χ1) is 11.7. The molecule has 0 aromatic heterocycles. The number of methoxy groups -OCH3 is 1. The summed E-state index contributed by atoms with van der Waals surface area (Å²) in [5, 5.41) is 3.13. The van der Waals surface area contributed by atoms with E-state index in [0.717, 1.165) is 5.56 Å². The lowest BCUT2D eigenvalue weighted by Gasteiger charge is -2.16. The normalized spacial score (nSPS) is 12.5. The van der Waals surface area contributed by atoms with Gasteiger partial charge in [-0.3, -0.25) is 4.79 Å². The van der Waals surface area contributed by atoms with Crippen LogP contribution in [-0.2, 0) is 14.8 Å². The zero-order chi connectivity index (χ0) is 18.6. The van der Waals surface area contributed by atoms with E-state index in [-0.39, 0.29) is 16.5 Å². The summed E-state index contributed by atoms with van der Waals surface area (Å²) in [4.78, 5) is 11.3. The van der Waals surface area contributed by atoms with E-state index in [9.17, 15) is 13.2 Å². The van der Waals surface area contributed by atoms with Crippen molar-refractivity contribution in [3.05, 3.63) is 53.1 Å². The van der Waals surface area contributed by atoms with Crippen LogP contribution in [0.3, 0.4) is 0 Å².